The van der Waals surface area contributed by atoms with Crippen molar-refractivity contribution < 1.29 is 0 Å². The first kappa shape index (κ1) is 8.56. The van der Waals surface area contributed by atoms with E-state index in [9.17, 15) is 0 Å². The van der Waals surface area contributed by atoms with Gasteiger partial charge in [-0.05, 0) is 18.1 Å². The molecule has 1 aliphatic rings. The number of amidine groups is 1. The zero-order valence-electron chi connectivity index (χ0n) is 7.18. The normalized spacial score (nSPS) is 21.5. The molecule has 3 nitrogen and oxygen atoms in total. The SMILES string of the molecule is NC1=N[C@H](Cc2cccnc2)CS1. The lowest BCUT2D eigenvalue weighted by Crippen LogP contribution is -2.08. The molecule has 0 fully saturated rings. The van der Waals surface area contributed by atoms with Gasteiger partial charge in [0.05, 0.1) is 6.04 Å². The number of hydrogen-bond acceptors (Lipinski definition) is 4. The molecule has 0 spiro atoms. The van der Waals surface area contributed by atoms with Gasteiger partial charge in [-0.15, -0.1) is 0 Å². The minimum absolute atomic E-state index is 0.342. The summed E-state index contributed by atoms with van der Waals surface area (Å²) in [5.41, 5.74) is 6.80. The third-order valence-corrected chi connectivity index (χ3v) is 2.88. The molecule has 0 saturated heterocycles. The van der Waals surface area contributed by atoms with Crippen molar-refractivity contribution in [2.45, 2.75) is 12.5 Å². The highest BCUT2D eigenvalue weighted by Gasteiger charge is 2.16. The zero-order chi connectivity index (χ0) is 9.10. The third kappa shape index (κ3) is 2.21. The van der Waals surface area contributed by atoms with Gasteiger partial charge in [0.1, 0.15) is 0 Å². The standard InChI is InChI=1S/C9H11N3S/c10-9-12-8(6-13-9)4-7-2-1-3-11-5-7/h1-3,5,8H,4,6H2,(H2,10,12)/t8-/m1/s1. The van der Waals surface area contributed by atoms with Crippen molar-refractivity contribution in [2.24, 2.45) is 10.7 Å². The van der Waals surface area contributed by atoms with Gasteiger partial charge in [-0.3, -0.25) is 9.98 Å². The van der Waals surface area contributed by atoms with Gasteiger partial charge in [0.2, 0.25) is 0 Å². The molecule has 0 saturated carbocycles. The molecule has 0 radical (unpaired) electrons. The summed E-state index contributed by atoms with van der Waals surface area (Å²) in [5, 5.41) is 0.717. The van der Waals surface area contributed by atoms with Gasteiger partial charge in [-0.25, -0.2) is 0 Å². The summed E-state index contributed by atoms with van der Waals surface area (Å²) >= 11 is 1.63. The Morgan fingerprint density at radius 2 is 2.54 bits per heavy atom. The maximum absolute atomic E-state index is 5.58. The molecule has 0 unspecified atom stereocenters. The molecule has 2 N–H and O–H groups in total. The fourth-order valence-corrected chi connectivity index (χ4v) is 2.11. The summed E-state index contributed by atoms with van der Waals surface area (Å²) in [6, 6.07) is 4.36. The predicted molar refractivity (Wildman–Crippen MR) is 55.8 cm³/mol. The van der Waals surface area contributed by atoms with E-state index in [-0.39, 0.29) is 0 Å². The van der Waals surface area contributed by atoms with Crippen LogP contribution in [0.15, 0.2) is 29.5 Å². The van der Waals surface area contributed by atoms with Crippen LogP contribution in [0.1, 0.15) is 5.56 Å². The molecule has 4 heteroatoms. The number of rotatable bonds is 2. The fourth-order valence-electron chi connectivity index (χ4n) is 1.33. The van der Waals surface area contributed by atoms with Crippen molar-refractivity contribution in [3.8, 4) is 0 Å². The van der Waals surface area contributed by atoms with E-state index in [0.717, 1.165) is 12.2 Å². The second-order valence-electron chi connectivity index (χ2n) is 3.00. The van der Waals surface area contributed by atoms with Gasteiger partial charge in [0.25, 0.3) is 0 Å². The third-order valence-electron chi connectivity index (χ3n) is 1.93. The number of aliphatic imine (C=N–C) groups is 1. The average molecular weight is 193 g/mol. The van der Waals surface area contributed by atoms with E-state index in [1.165, 1.54) is 5.56 Å². The molecule has 1 aromatic heterocycles. The molecule has 2 heterocycles. The van der Waals surface area contributed by atoms with Gasteiger partial charge in [-0.2, -0.15) is 0 Å². The van der Waals surface area contributed by atoms with Crippen LogP contribution >= 0.6 is 11.8 Å². The highest BCUT2D eigenvalue weighted by molar-refractivity contribution is 8.14. The molecule has 0 bridgehead atoms. The summed E-state index contributed by atoms with van der Waals surface area (Å²) < 4.78 is 0. The van der Waals surface area contributed by atoms with E-state index < -0.39 is 0 Å². The number of hydrogen-bond donors (Lipinski definition) is 1. The number of nitrogens with zero attached hydrogens (tertiary/aromatic N) is 2. The lowest BCUT2D eigenvalue weighted by atomic mass is 10.1. The molecule has 1 atom stereocenters. The van der Waals surface area contributed by atoms with E-state index in [1.807, 2.05) is 12.3 Å². The Morgan fingerprint density at radius 3 is 3.15 bits per heavy atom. The van der Waals surface area contributed by atoms with E-state index in [1.54, 1.807) is 18.0 Å². The Balaban J connectivity index is 2.00. The van der Waals surface area contributed by atoms with Crippen molar-refractivity contribution in [1.29, 1.82) is 0 Å². The van der Waals surface area contributed by atoms with Crippen molar-refractivity contribution in [2.75, 3.05) is 5.75 Å². The van der Waals surface area contributed by atoms with E-state index in [0.29, 0.717) is 11.2 Å². The highest BCUT2D eigenvalue weighted by Crippen LogP contribution is 2.18. The van der Waals surface area contributed by atoms with Crippen LogP contribution in [-0.4, -0.2) is 21.9 Å². The molecule has 0 amide bonds. The molecule has 68 valence electrons. The Hall–Kier alpha value is -1.03. The van der Waals surface area contributed by atoms with Crippen LogP contribution in [0.3, 0.4) is 0 Å². The van der Waals surface area contributed by atoms with Crippen molar-refractivity contribution >= 4 is 16.9 Å². The first-order chi connectivity index (χ1) is 6.34. The van der Waals surface area contributed by atoms with Gasteiger partial charge >= 0.3 is 0 Å². The monoisotopic (exact) mass is 193 g/mol. The maximum Gasteiger partial charge on any atom is 0.154 e. The summed E-state index contributed by atoms with van der Waals surface area (Å²) in [4.78, 5) is 8.37. The Kier molecular flexibility index (Phi) is 2.49. The van der Waals surface area contributed by atoms with Crippen LogP contribution in [0.5, 0.6) is 0 Å². The summed E-state index contributed by atoms with van der Waals surface area (Å²) in [5.74, 6) is 1.00. The number of aromatic nitrogens is 1. The number of thioether (sulfide) groups is 1. The Bertz CT molecular complexity index is 310. The largest absolute Gasteiger partial charge is 0.379 e. The Labute approximate surface area is 81.5 Å². The van der Waals surface area contributed by atoms with Crippen molar-refractivity contribution in [1.82, 2.24) is 4.98 Å². The van der Waals surface area contributed by atoms with Crippen LogP contribution in [0, 0.1) is 0 Å². The molecule has 0 aliphatic carbocycles. The molecule has 2 rings (SSSR count). The summed E-state index contributed by atoms with van der Waals surface area (Å²) in [6.45, 7) is 0. The zero-order valence-corrected chi connectivity index (χ0v) is 8.00. The van der Waals surface area contributed by atoms with Gasteiger partial charge < -0.3 is 5.73 Å². The quantitative estimate of drug-likeness (QED) is 0.764. The second kappa shape index (κ2) is 3.79. The first-order valence-electron chi connectivity index (χ1n) is 4.19. The van der Waals surface area contributed by atoms with Crippen molar-refractivity contribution in [3.63, 3.8) is 0 Å². The van der Waals surface area contributed by atoms with Crippen molar-refractivity contribution in [3.05, 3.63) is 30.1 Å². The lowest BCUT2D eigenvalue weighted by molar-refractivity contribution is 0.759. The van der Waals surface area contributed by atoms with Gasteiger partial charge in [-0.1, -0.05) is 17.8 Å². The predicted octanol–water partition coefficient (Wildman–Crippen LogP) is 1.05. The smallest absolute Gasteiger partial charge is 0.154 e. The molecular weight excluding hydrogens is 182 g/mol. The summed E-state index contributed by atoms with van der Waals surface area (Å²) in [7, 11) is 0. The first-order valence-corrected chi connectivity index (χ1v) is 5.18. The maximum atomic E-state index is 5.58. The van der Waals surface area contributed by atoms with Gasteiger partial charge in [0.15, 0.2) is 5.17 Å². The van der Waals surface area contributed by atoms with Crippen LogP contribution in [0.2, 0.25) is 0 Å². The van der Waals surface area contributed by atoms with Crippen LogP contribution < -0.4 is 5.73 Å². The minimum atomic E-state index is 0.342. The lowest BCUT2D eigenvalue weighted by Gasteiger charge is -2.03. The average Bonchev–Trinajstić information content (AvgIpc) is 2.53. The highest BCUT2D eigenvalue weighted by atomic mass is 32.2. The molecular formula is C9H11N3S. The Morgan fingerprint density at radius 1 is 1.62 bits per heavy atom. The van der Waals surface area contributed by atoms with Crippen LogP contribution in [0.25, 0.3) is 0 Å². The van der Waals surface area contributed by atoms with E-state index >= 15 is 0 Å². The molecule has 13 heavy (non-hydrogen) atoms. The number of nitrogens with two attached hydrogens (primary N) is 1. The molecule has 1 aromatic rings. The molecule has 0 aromatic carbocycles. The minimum Gasteiger partial charge on any atom is -0.379 e. The van der Waals surface area contributed by atoms with E-state index in [4.69, 9.17) is 5.73 Å². The number of pyridine rings is 1. The topological polar surface area (TPSA) is 51.3 Å². The van der Waals surface area contributed by atoms with Crippen LogP contribution in [-0.2, 0) is 6.42 Å². The fraction of sp³-hybridized carbons (Fsp3) is 0.333. The molecule has 1 aliphatic heterocycles. The van der Waals surface area contributed by atoms with Crippen LogP contribution in [0.4, 0.5) is 0 Å². The summed E-state index contributed by atoms with van der Waals surface area (Å²) in [6.07, 6.45) is 4.61. The van der Waals surface area contributed by atoms with Gasteiger partial charge in [0, 0.05) is 18.1 Å². The second-order valence-corrected chi connectivity index (χ2v) is 4.04. The van der Waals surface area contributed by atoms with E-state index in [2.05, 4.69) is 16.0 Å².